The van der Waals surface area contributed by atoms with Crippen molar-refractivity contribution in [2.75, 3.05) is 11.1 Å². The van der Waals surface area contributed by atoms with Crippen LogP contribution in [0.2, 0.25) is 5.02 Å². The van der Waals surface area contributed by atoms with Crippen molar-refractivity contribution in [3.8, 4) is 16.8 Å². The second-order valence-corrected chi connectivity index (χ2v) is 9.33. The molecule has 3 N–H and O–H groups in total. The zero-order valence-corrected chi connectivity index (χ0v) is 21.0. The number of hydrogen-bond donors (Lipinski definition) is 2. The lowest BCUT2D eigenvalue weighted by Crippen LogP contribution is -2.26. The molecular formula is C29H26ClN5O. The maximum Gasteiger partial charge on any atom is 0.264 e. The van der Waals surface area contributed by atoms with Crippen LogP contribution in [0.1, 0.15) is 29.8 Å². The number of halogens is 1. The van der Waals surface area contributed by atoms with Gasteiger partial charge >= 0.3 is 0 Å². The van der Waals surface area contributed by atoms with Crippen molar-refractivity contribution in [3.05, 3.63) is 111 Å². The van der Waals surface area contributed by atoms with Crippen LogP contribution in [-0.2, 0) is 0 Å². The van der Waals surface area contributed by atoms with Gasteiger partial charge in [0.25, 0.3) is 5.56 Å². The third-order valence-corrected chi connectivity index (χ3v) is 6.64. The van der Waals surface area contributed by atoms with Crippen LogP contribution >= 0.6 is 11.6 Å². The molecule has 0 saturated carbocycles. The zero-order chi connectivity index (χ0) is 25.4. The third kappa shape index (κ3) is 4.32. The molecule has 0 aliphatic heterocycles. The highest BCUT2D eigenvalue weighted by Gasteiger charge is 2.20. The molecule has 0 amide bonds. The molecule has 5 rings (SSSR count). The first-order valence-corrected chi connectivity index (χ1v) is 12.1. The van der Waals surface area contributed by atoms with Crippen molar-refractivity contribution in [3.63, 3.8) is 0 Å². The molecule has 1 atom stereocenters. The molecule has 0 bridgehead atoms. The summed E-state index contributed by atoms with van der Waals surface area (Å²) in [4.78, 5) is 22.5. The normalized spacial score (nSPS) is 12.0. The Hall–Kier alpha value is -4.16. The van der Waals surface area contributed by atoms with Gasteiger partial charge in [-0.3, -0.25) is 9.36 Å². The van der Waals surface area contributed by atoms with Crippen molar-refractivity contribution in [1.82, 2.24) is 14.5 Å². The van der Waals surface area contributed by atoms with Gasteiger partial charge in [0.15, 0.2) is 0 Å². The number of nitrogens with two attached hydrogens (primary N) is 1. The Kier molecular flexibility index (Phi) is 6.20. The number of fused-ring (bicyclic) bond motifs is 1. The van der Waals surface area contributed by atoms with E-state index in [1.54, 1.807) is 16.8 Å². The number of hydrogen-bond acceptors (Lipinski definition) is 5. The molecule has 2 aromatic heterocycles. The largest absolute Gasteiger partial charge is 0.368 e. The minimum Gasteiger partial charge on any atom is -0.368 e. The van der Waals surface area contributed by atoms with Gasteiger partial charge < -0.3 is 11.1 Å². The fourth-order valence-corrected chi connectivity index (χ4v) is 4.77. The highest BCUT2D eigenvalue weighted by atomic mass is 35.5. The van der Waals surface area contributed by atoms with E-state index in [1.165, 1.54) is 0 Å². The van der Waals surface area contributed by atoms with Gasteiger partial charge in [-0.2, -0.15) is 4.98 Å². The lowest BCUT2D eigenvalue weighted by molar-refractivity contribution is 0.773. The number of pyridine rings is 1. The predicted octanol–water partition coefficient (Wildman–Crippen LogP) is 6.47. The zero-order valence-electron chi connectivity index (χ0n) is 20.3. The highest BCUT2D eigenvalue weighted by Crippen LogP contribution is 2.33. The minimum absolute atomic E-state index is 0.171. The van der Waals surface area contributed by atoms with Crippen molar-refractivity contribution >= 4 is 34.1 Å². The second kappa shape index (κ2) is 9.47. The van der Waals surface area contributed by atoms with Crippen molar-refractivity contribution in [1.29, 1.82) is 0 Å². The summed E-state index contributed by atoms with van der Waals surface area (Å²) in [6.45, 7) is 6.10. The SMILES string of the molecule is Cc1ccc(C)c(-c2cnc(N)nc2N[C@@H](C)c2cc3cccc(Cl)c3c(=O)n2-c2ccccc2)c1. The fourth-order valence-electron chi connectivity index (χ4n) is 4.51. The minimum atomic E-state index is -0.306. The molecule has 0 aliphatic carbocycles. The van der Waals surface area contributed by atoms with Gasteiger partial charge in [-0.1, -0.05) is 65.7 Å². The topological polar surface area (TPSA) is 85.8 Å². The van der Waals surface area contributed by atoms with E-state index in [4.69, 9.17) is 17.3 Å². The third-order valence-electron chi connectivity index (χ3n) is 6.33. The fraction of sp³-hybridized carbons (Fsp3) is 0.138. The lowest BCUT2D eigenvalue weighted by atomic mass is 9.99. The Morgan fingerprint density at radius 2 is 1.75 bits per heavy atom. The van der Waals surface area contributed by atoms with Crippen molar-refractivity contribution in [2.24, 2.45) is 0 Å². The lowest BCUT2D eigenvalue weighted by Gasteiger charge is -2.23. The number of rotatable bonds is 5. The summed E-state index contributed by atoms with van der Waals surface area (Å²) in [6.07, 6.45) is 1.74. The first-order valence-electron chi connectivity index (χ1n) is 11.7. The number of nitrogens with one attached hydrogen (secondary N) is 1. The summed E-state index contributed by atoms with van der Waals surface area (Å²) >= 11 is 6.46. The number of nitrogens with zero attached hydrogens (tertiary/aromatic N) is 3. The van der Waals surface area contributed by atoms with Gasteiger partial charge in [-0.15, -0.1) is 0 Å². The molecule has 3 aromatic carbocycles. The Bertz CT molecular complexity index is 1650. The van der Waals surface area contributed by atoms with E-state index in [-0.39, 0.29) is 17.5 Å². The summed E-state index contributed by atoms with van der Waals surface area (Å²) in [5.41, 5.74) is 11.4. The summed E-state index contributed by atoms with van der Waals surface area (Å²) in [5, 5.41) is 5.20. The van der Waals surface area contributed by atoms with Gasteiger partial charge in [0, 0.05) is 23.1 Å². The maximum atomic E-state index is 13.8. The Balaban J connectivity index is 1.68. The molecule has 7 heteroatoms. The predicted molar refractivity (Wildman–Crippen MR) is 148 cm³/mol. The van der Waals surface area contributed by atoms with E-state index in [0.717, 1.165) is 39.0 Å². The number of nitrogen functional groups attached to an aromatic ring is 1. The van der Waals surface area contributed by atoms with E-state index in [1.807, 2.05) is 55.5 Å². The Morgan fingerprint density at radius 1 is 0.972 bits per heavy atom. The number of aryl methyl sites for hydroxylation is 2. The van der Waals surface area contributed by atoms with E-state index in [2.05, 4.69) is 47.3 Å². The summed E-state index contributed by atoms with van der Waals surface area (Å²) in [6, 6.07) is 23.0. The molecule has 5 aromatic rings. The monoisotopic (exact) mass is 495 g/mol. The van der Waals surface area contributed by atoms with E-state index in [9.17, 15) is 4.79 Å². The number of para-hydroxylation sites is 1. The molecule has 0 radical (unpaired) electrons. The molecule has 0 spiro atoms. The average Bonchev–Trinajstić information content (AvgIpc) is 2.86. The van der Waals surface area contributed by atoms with Crippen LogP contribution in [0.25, 0.3) is 27.6 Å². The van der Waals surface area contributed by atoms with Crippen LogP contribution in [0.5, 0.6) is 0 Å². The van der Waals surface area contributed by atoms with Gasteiger partial charge in [0.05, 0.1) is 16.5 Å². The van der Waals surface area contributed by atoms with E-state index >= 15 is 0 Å². The standard InChI is InChI=1S/C29H26ClN5O/c1-17-12-13-18(2)22(14-17)23-16-32-29(31)34-27(23)33-19(3)25-15-20-8-7-11-24(30)26(20)28(36)35(25)21-9-5-4-6-10-21/h4-16,19H,1-3H3,(H3,31,32,33,34)/t19-/m0/s1. The van der Waals surface area contributed by atoms with Crippen molar-refractivity contribution < 1.29 is 0 Å². The summed E-state index contributed by atoms with van der Waals surface area (Å²) < 4.78 is 1.70. The van der Waals surface area contributed by atoms with Gasteiger partial charge in [0.2, 0.25) is 5.95 Å². The van der Waals surface area contributed by atoms with Crippen LogP contribution in [0.4, 0.5) is 11.8 Å². The molecule has 180 valence electrons. The summed E-state index contributed by atoms with van der Waals surface area (Å²) in [7, 11) is 0. The second-order valence-electron chi connectivity index (χ2n) is 8.92. The highest BCUT2D eigenvalue weighted by molar-refractivity contribution is 6.35. The molecule has 0 saturated heterocycles. The first-order chi connectivity index (χ1) is 17.3. The molecule has 0 aliphatic rings. The molecule has 6 nitrogen and oxygen atoms in total. The number of anilines is 2. The van der Waals surface area contributed by atoms with Crippen LogP contribution < -0.4 is 16.6 Å². The maximum absolute atomic E-state index is 13.8. The van der Waals surface area contributed by atoms with Gasteiger partial charge in [-0.05, 0) is 61.5 Å². The Labute approximate surface area is 214 Å². The van der Waals surface area contributed by atoms with Crippen LogP contribution in [0.15, 0.2) is 83.8 Å². The molecule has 2 heterocycles. The van der Waals surface area contributed by atoms with Crippen LogP contribution in [-0.4, -0.2) is 14.5 Å². The smallest absolute Gasteiger partial charge is 0.264 e. The molecular weight excluding hydrogens is 470 g/mol. The number of aromatic nitrogens is 3. The van der Waals surface area contributed by atoms with Crippen molar-refractivity contribution in [2.45, 2.75) is 26.8 Å². The van der Waals surface area contributed by atoms with E-state index < -0.39 is 0 Å². The van der Waals surface area contributed by atoms with Gasteiger partial charge in [0.1, 0.15) is 5.82 Å². The first kappa shape index (κ1) is 23.6. The summed E-state index contributed by atoms with van der Waals surface area (Å²) in [5.74, 6) is 0.770. The molecule has 0 fully saturated rings. The van der Waals surface area contributed by atoms with Gasteiger partial charge in [-0.25, -0.2) is 4.98 Å². The van der Waals surface area contributed by atoms with Crippen LogP contribution in [0, 0.1) is 13.8 Å². The number of benzene rings is 3. The van der Waals surface area contributed by atoms with E-state index in [0.29, 0.717) is 16.2 Å². The average molecular weight is 496 g/mol. The quantitative estimate of drug-likeness (QED) is 0.291. The molecule has 0 unspecified atom stereocenters. The molecule has 36 heavy (non-hydrogen) atoms. The Morgan fingerprint density at radius 3 is 2.53 bits per heavy atom. The van der Waals surface area contributed by atoms with Crippen LogP contribution in [0.3, 0.4) is 0 Å².